The summed E-state index contributed by atoms with van der Waals surface area (Å²) in [6, 6.07) is 8.31. The van der Waals surface area contributed by atoms with Gasteiger partial charge < -0.3 is 0 Å². The van der Waals surface area contributed by atoms with Crippen molar-refractivity contribution in [3.63, 3.8) is 0 Å². The molecular formula is C8H8BN. The predicted molar refractivity (Wildman–Crippen MR) is 44.4 cm³/mol. The van der Waals surface area contributed by atoms with Crippen molar-refractivity contribution in [1.82, 2.24) is 4.89 Å². The first-order valence-corrected chi connectivity index (χ1v) is 3.40. The van der Waals surface area contributed by atoms with E-state index < -0.39 is 0 Å². The number of fused-ring (bicyclic) bond motifs is 1. The normalized spacial score (nSPS) is 10.1. The molecule has 0 aliphatic rings. The van der Waals surface area contributed by atoms with Crippen LogP contribution in [0.4, 0.5) is 0 Å². The zero-order valence-corrected chi connectivity index (χ0v) is 5.89. The monoisotopic (exact) mass is 129 g/mol. The summed E-state index contributed by atoms with van der Waals surface area (Å²) in [6.45, 7) is 2.11. The number of para-hydroxylation sites is 1. The van der Waals surface area contributed by atoms with Crippen molar-refractivity contribution in [2.75, 3.05) is 0 Å². The Kier molecular flexibility index (Phi) is 1.13. The standard InChI is InChI=1S/C8H8BN/c1-6-7-4-2-3-5-8(7)10-9-6/h2-5,10H,1H3. The molecule has 2 aromatic rings. The summed E-state index contributed by atoms with van der Waals surface area (Å²) in [5.74, 6) is 0. The molecule has 0 unspecified atom stereocenters. The fraction of sp³-hybridized carbons (Fsp3) is 0.125. The van der Waals surface area contributed by atoms with Gasteiger partial charge in [-0.15, -0.1) is 0 Å². The molecule has 0 aliphatic heterocycles. The average Bonchev–Trinajstić information content (AvgIpc) is 2.34. The second-order valence-corrected chi connectivity index (χ2v) is 2.52. The zero-order valence-electron chi connectivity index (χ0n) is 5.89. The molecule has 1 heterocycles. The molecule has 0 radical (unpaired) electrons. The number of hydrogen-bond donors (Lipinski definition) is 1. The Labute approximate surface area is 60.3 Å². The van der Waals surface area contributed by atoms with E-state index in [1.165, 1.54) is 16.4 Å². The Morgan fingerprint density at radius 1 is 1.30 bits per heavy atom. The van der Waals surface area contributed by atoms with Crippen molar-refractivity contribution in [3.8, 4) is 0 Å². The third-order valence-electron chi connectivity index (χ3n) is 1.80. The quantitative estimate of drug-likeness (QED) is 0.558. The van der Waals surface area contributed by atoms with Gasteiger partial charge in [0.15, 0.2) is 0 Å². The molecule has 1 nitrogen and oxygen atoms in total. The van der Waals surface area contributed by atoms with Crippen LogP contribution in [-0.4, -0.2) is 11.9 Å². The molecule has 48 valence electrons. The minimum atomic E-state index is 1.22. The topological polar surface area (TPSA) is 15.8 Å². The number of aromatic nitrogens is 1. The van der Waals surface area contributed by atoms with Gasteiger partial charge in [0.1, 0.15) is 0 Å². The van der Waals surface area contributed by atoms with Gasteiger partial charge >= 0.3 is 59.5 Å². The molecule has 0 fully saturated rings. The van der Waals surface area contributed by atoms with Gasteiger partial charge in [-0.25, -0.2) is 0 Å². The second-order valence-electron chi connectivity index (χ2n) is 2.52. The first-order valence-electron chi connectivity index (χ1n) is 3.40. The van der Waals surface area contributed by atoms with E-state index in [4.69, 9.17) is 0 Å². The van der Waals surface area contributed by atoms with Crippen LogP contribution < -0.4 is 0 Å². The van der Waals surface area contributed by atoms with Crippen LogP contribution in [0.15, 0.2) is 24.3 Å². The number of benzene rings is 1. The van der Waals surface area contributed by atoms with Crippen LogP contribution in [0.25, 0.3) is 10.9 Å². The number of H-pyrrole nitrogens is 1. The molecule has 10 heavy (non-hydrogen) atoms. The molecule has 2 rings (SSSR count). The summed E-state index contributed by atoms with van der Waals surface area (Å²) in [6.07, 6.45) is 0. The Bertz CT molecular complexity index is 351. The molecule has 0 spiro atoms. The Hall–Kier alpha value is -1.05. The Morgan fingerprint density at radius 2 is 2.10 bits per heavy atom. The van der Waals surface area contributed by atoms with Crippen molar-refractivity contribution in [2.45, 2.75) is 6.92 Å². The minimum absolute atomic E-state index is 1.22. The van der Waals surface area contributed by atoms with Crippen LogP contribution in [0.1, 0.15) is 5.46 Å². The number of rotatable bonds is 0. The van der Waals surface area contributed by atoms with Crippen LogP contribution in [-0.2, 0) is 0 Å². The maximum absolute atomic E-state index is 3.19. The van der Waals surface area contributed by atoms with Gasteiger partial charge in [0, 0.05) is 0 Å². The number of aryl methyl sites for hydroxylation is 1. The Balaban J connectivity index is 2.93. The van der Waals surface area contributed by atoms with E-state index in [1.807, 2.05) is 13.1 Å². The van der Waals surface area contributed by atoms with Crippen LogP contribution in [0.5, 0.6) is 0 Å². The summed E-state index contributed by atoms with van der Waals surface area (Å²) in [5.41, 5.74) is 2.54. The van der Waals surface area contributed by atoms with Crippen LogP contribution in [0, 0.1) is 6.92 Å². The number of nitrogens with one attached hydrogen (secondary N) is 1. The molecule has 0 saturated carbocycles. The van der Waals surface area contributed by atoms with Crippen molar-refractivity contribution < 1.29 is 0 Å². The molecular weight excluding hydrogens is 121 g/mol. The molecule has 1 N–H and O–H groups in total. The third kappa shape index (κ3) is 0.686. The van der Waals surface area contributed by atoms with Gasteiger partial charge in [0.25, 0.3) is 0 Å². The van der Waals surface area contributed by atoms with Gasteiger partial charge in [0.2, 0.25) is 0 Å². The van der Waals surface area contributed by atoms with E-state index in [9.17, 15) is 0 Å². The van der Waals surface area contributed by atoms with E-state index >= 15 is 0 Å². The van der Waals surface area contributed by atoms with Crippen LogP contribution >= 0.6 is 0 Å². The van der Waals surface area contributed by atoms with Gasteiger partial charge in [-0.3, -0.25) is 0 Å². The molecule has 0 atom stereocenters. The fourth-order valence-corrected chi connectivity index (χ4v) is 1.22. The van der Waals surface area contributed by atoms with E-state index in [0.717, 1.165) is 0 Å². The third-order valence-corrected chi connectivity index (χ3v) is 1.80. The maximum atomic E-state index is 3.19. The number of aromatic amines is 1. The molecule has 1 aromatic heterocycles. The van der Waals surface area contributed by atoms with Crippen LogP contribution in [0.2, 0.25) is 0 Å². The van der Waals surface area contributed by atoms with Crippen molar-refractivity contribution >= 4 is 18.0 Å². The van der Waals surface area contributed by atoms with E-state index in [-0.39, 0.29) is 0 Å². The first kappa shape index (κ1) is 5.72. The molecule has 0 bridgehead atoms. The van der Waals surface area contributed by atoms with Crippen molar-refractivity contribution in [3.05, 3.63) is 29.7 Å². The summed E-state index contributed by atoms with van der Waals surface area (Å²) in [4.78, 5) is 3.19. The Morgan fingerprint density at radius 3 is 2.90 bits per heavy atom. The molecule has 0 aliphatic carbocycles. The SMILES string of the molecule is Cc1b[nH]c2ccccc12. The molecule has 0 saturated heterocycles. The second kappa shape index (κ2) is 1.98. The van der Waals surface area contributed by atoms with Gasteiger partial charge in [-0.05, 0) is 0 Å². The van der Waals surface area contributed by atoms with Crippen LogP contribution in [0.3, 0.4) is 0 Å². The summed E-state index contributed by atoms with van der Waals surface area (Å²) in [7, 11) is 2.03. The van der Waals surface area contributed by atoms with Gasteiger partial charge in [-0.1, -0.05) is 0 Å². The summed E-state index contributed by atoms with van der Waals surface area (Å²) >= 11 is 0. The molecule has 1 aromatic carbocycles. The molecule has 0 amide bonds. The van der Waals surface area contributed by atoms with Crippen molar-refractivity contribution in [2.24, 2.45) is 0 Å². The van der Waals surface area contributed by atoms with E-state index in [1.54, 1.807) is 0 Å². The summed E-state index contributed by atoms with van der Waals surface area (Å²) in [5, 5.41) is 1.32. The molecule has 2 heteroatoms. The van der Waals surface area contributed by atoms with E-state index in [2.05, 4.69) is 30.0 Å². The predicted octanol–water partition coefficient (Wildman–Crippen LogP) is 1.81. The zero-order chi connectivity index (χ0) is 6.97. The van der Waals surface area contributed by atoms with Gasteiger partial charge in [-0.2, -0.15) is 0 Å². The summed E-state index contributed by atoms with van der Waals surface area (Å²) < 4.78 is 0. The van der Waals surface area contributed by atoms with Gasteiger partial charge in [0.05, 0.1) is 0 Å². The first-order chi connectivity index (χ1) is 4.88. The fourth-order valence-electron chi connectivity index (χ4n) is 1.22. The van der Waals surface area contributed by atoms with Crippen molar-refractivity contribution in [1.29, 1.82) is 0 Å². The average molecular weight is 129 g/mol. The van der Waals surface area contributed by atoms with E-state index in [0.29, 0.717) is 0 Å². The number of hydrogen-bond acceptors (Lipinski definition) is 0.